The number of aromatic nitrogens is 2. The second kappa shape index (κ2) is 4.61. The molecule has 0 saturated heterocycles. The van der Waals surface area contributed by atoms with E-state index in [-0.39, 0.29) is 0 Å². The summed E-state index contributed by atoms with van der Waals surface area (Å²) in [4.78, 5) is 8.73. The molecule has 94 valence electrons. The minimum absolute atomic E-state index is 0.352. The van der Waals surface area contributed by atoms with Gasteiger partial charge in [0.25, 0.3) is 0 Å². The maximum atomic E-state index is 6.10. The molecule has 1 aliphatic rings. The predicted molar refractivity (Wildman–Crippen MR) is 66.8 cm³/mol. The fraction of sp³-hybridized carbons (Fsp3) is 0.385. The molecule has 0 aliphatic heterocycles. The van der Waals surface area contributed by atoms with E-state index < -0.39 is 0 Å². The molecule has 0 bridgehead atoms. The minimum Gasteiger partial charge on any atom is -0.469 e. The highest BCUT2D eigenvalue weighted by Crippen LogP contribution is 2.39. The van der Waals surface area contributed by atoms with Crippen LogP contribution in [0.2, 0.25) is 5.15 Å². The molecule has 0 aromatic carbocycles. The van der Waals surface area contributed by atoms with Crippen molar-refractivity contribution in [2.24, 2.45) is 0 Å². The second-order valence-electron chi connectivity index (χ2n) is 4.45. The van der Waals surface area contributed by atoms with Crippen molar-refractivity contribution < 1.29 is 9.15 Å². The molecular weight excluding hydrogens is 252 g/mol. The molecule has 5 heteroatoms. The summed E-state index contributed by atoms with van der Waals surface area (Å²) in [7, 11) is 0. The van der Waals surface area contributed by atoms with E-state index in [0.717, 1.165) is 30.0 Å². The van der Waals surface area contributed by atoms with Gasteiger partial charge < -0.3 is 9.15 Å². The Bertz CT molecular complexity index is 550. The summed E-state index contributed by atoms with van der Waals surface area (Å²) in [5.41, 5.74) is 0.771. The lowest BCUT2D eigenvalue weighted by Gasteiger charge is -2.09. The van der Waals surface area contributed by atoms with Gasteiger partial charge >= 0.3 is 0 Å². The average molecular weight is 265 g/mol. The van der Waals surface area contributed by atoms with E-state index in [1.54, 1.807) is 6.26 Å². The fourth-order valence-electron chi connectivity index (χ4n) is 1.68. The molecule has 2 aromatic heterocycles. The Labute approximate surface area is 110 Å². The maximum absolute atomic E-state index is 6.10. The Morgan fingerprint density at radius 3 is 2.94 bits per heavy atom. The lowest BCUT2D eigenvalue weighted by molar-refractivity contribution is 0.257. The van der Waals surface area contributed by atoms with Crippen LogP contribution in [0.25, 0.3) is 0 Å². The number of furan rings is 1. The van der Waals surface area contributed by atoms with Gasteiger partial charge in [0.1, 0.15) is 23.3 Å². The Hall–Kier alpha value is -1.55. The van der Waals surface area contributed by atoms with Crippen molar-refractivity contribution in [3.8, 4) is 5.88 Å². The third-order valence-corrected chi connectivity index (χ3v) is 3.30. The normalized spacial score (nSPS) is 14.8. The van der Waals surface area contributed by atoms with Crippen molar-refractivity contribution in [3.63, 3.8) is 0 Å². The summed E-state index contributed by atoms with van der Waals surface area (Å²) < 4.78 is 10.9. The quantitative estimate of drug-likeness (QED) is 0.793. The molecule has 0 radical (unpaired) electrons. The zero-order chi connectivity index (χ0) is 12.5. The first kappa shape index (κ1) is 11.5. The van der Waals surface area contributed by atoms with Crippen LogP contribution in [0.1, 0.15) is 35.9 Å². The Kier molecular flexibility index (Phi) is 2.96. The van der Waals surface area contributed by atoms with E-state index in [0.29, 0.717) is 23.6 Å². The molecule has 4 nitrogen and oxygen atoms in total. The molecule has 1 saturated carbocycles. The third-order valence-electron chi connectivity index (χ3n) is 2.93. The summed E-state index contributed by atoms with van der Waals surface area (Å²) in [6, 6.07) is 3.69. The summed E-state index contributed by atoms with van der Waals surface area (Å²) in [6.07, 6.45) is 3.89. The van der Waals surface area contributed by atoms with Crippen LogP contribution >= 0.6 is 11.6 Å². The van der Waals surface area contributed by atoms with Crippen LogP contribution in [-0.2, 0) is 6.61 Å². The SMILES string of the molecule is Cc1c(Cl)nc(C2CC2)nc1OCc1ccco1. The lowest BCUT2D eigenvalue weighted by atomic mass is 10.3. The van der Waals surface area contributed by atoms with Crippen LogP contribution in [0.5, 0.6) is 5.88 Å². The van der Waals surface area contributed by atoms with Gasteiger partial charge in [-0.2, -0.15) is 4.98 Å². The monoisotopic (exact) mass is 264 g/mol. The number of halogens is 1. The first-order chi connectivity index (χ1) is 8.74. The van der Waals surface area contributed by atoms with Gasteiger partial charge in [-0.05, 0) is 31.9 Å². The van der Waals surface area contributed by atoms with Gasteiger partial charge in [0, 0.05) is 11.5 Å². The lowest BCUT2D eigenvalue weighted by Crippen LogP contribution is -2.03. The van der Waals surface area contributed by atoms with Crippen LogP contribution in [0.15, 0.2) is 22.8 Å². The first-order valence-corrected chi connectivity index (χ1v) is 6.31. The van der Waals surface area contributed by atoms with Crippen molar-refractivity contribution >= 4 is 11.6 Å². The van der Waals surface area contributed by atoms with Crippen LogP contribution < -0.4 is 4.74 Å². The number of ether oxygens (including phenoxy) is 1. The number of rotatable bonds is 4. The minimum atomic E-state index is 0.352. The smallest absolute Gasteiger partial charge is 0.221 e. The number of hydrogen-bond acceptors (Lipinski definition) is 4. The predicted octanol–water partition coefficient (Wildman–Crippen LogP) is 3.49. The second-order valence-corrected chi connectivity index (χ2v) is 4.80. The van der Waals surface area contributed by atoms with Crippen molar-refractivity contribution in [2.75, 3.05) is 0 Å². The molecule has 2 heterocycles. The Balaban J connectivity index is 1.81. The summed E-state index contributed by atoms with van der Waals surface area (Å²) in [6.45, 7) is 2.21. The molecule has 0 unspecified atom stereocenters. The molecule has 1 fully saturated rings. The van der Waals surface area contributed by atoms with E-state index in [9.17, 15) is 0 Å². The summed E-state index contributed by atoms with van der Waals surface area (Å²) in [5, 5.41) is 0.473. The number of hydrogen-bond donors (Lipinski definition) is 0. The molecule has 0 spiro atoms. The zero-order valence-electron chi connectivity index (χ0n) is 10.0. The summed E-state index contributed by atoms with van der Waals surface area (Å²) in [5.74, 6) is 2.56. The fourth-order valence-corrected chi connectivity index (χ4v) is 1.85. The first-order valence-electron chi connectivity index (χ1n) is 5.93. The Morgan fingerprint density at radius 1 is 1.44 bits per heavy atom. The van der Waals surface area contributed by atoms with Crippen LogP contribution in [0, 0.1) is 6.92 Å². The van der Waals surface area contributed by atoms with E-state index >= 15 is 0 Å². The van der Waals surface area contributed by atoms with Gasteiger partial charge in [-0.15, -0.1) is 0 Å². The molecule has 0 atom stereocenters. The highest BCUT2D eigenvalue weighted by atomic mass is 35.5. The van der Waals surface area contributed by atoms with Crippen LogP contribution in [-0.4, -0.2) is 9.97 Å². The maximum Gasteiger partial charge on any atom is 0.221 e. The van der Waals surface area contributed by atoms with Crippen molar-refractivity contribution in [1.29, 1.82) is 0 Å². The van der Waals surface area contributed by atoms with Gasteiger partial charge in [-0.25, -0.2) is 4.98 Å². The van der Waals surface area contributed by atoms with E-state index in [2.05, 4.69) is 9.97 Å². The highest BCUT2D eigenvalue weighted by molar-refractivity contribution is 6.30. The van der Waals surface area contributed by atoms with Gasteiger partial charge in [-0.3, -0.25) is 0 Å². The van der Waals surface area contributed by atoms with E-state index in [1.807, 2.05) is 19.1 Å². The zero-order valence-corrected chi connectivity index (χ0v) is 10.8. The average Bonchev–Trinajstić information content (AvgIpc) is 3.08. The molecule has 2 aromatic rings. The van der Waals surface area contributed by atoms with Gasteiger partial charge in [0.15, 0.2) is 0 Å². The van der Waals surface area contributed by atoms with Gasteiger partial charge in [0.05, 0.1) is 6.26 Å². The molecule has 0 N–H and O–H groups in total. The Morgan fingerprint density at radius 2 is 2.28 bits per heavy atom. The topological polar surface area (TPSA) is 48.2 Å². The van der Waals surface area contributed by atoms with E-state index in [4.69, 9.17) is 20.8 Å². The van der Waals surface area contributed by atoms with Crippen LogP contribution in [0.3, 0.4) is 0 Å². The van der Waals surface area contributed by atoms with E-state index in [1.165, 1.54) is 0 Å². The molecular formula is C13H13ClN2O2. The van der Waals surface area contributed by atoms with Crippen molar-refractivity contribution in [1.82, 2.24) is 9.97 Å². The van der Waals surface area contributed by atoms with Gasteiger partial charge in [0.2, 0.25) is 5.88 Å². The largest absolute Gasteiger partial charge is 0.469 e. The highest BCUT2D eigenvalue weighted by Gasteiger charge is 2.28. The molecule has 0 amide bonds. The third kappa shape index (κ3) is 2.34. The van der Waals surface area contributed by atoms with Crippen LogP contribution in [0.4, 0.5) is 0 Å². The standard InChI is InChI=1S/C13H13ClN2O2/c1-8-11(14)15-12(9-4-5-9)16-13(8)18-7-10-3-2-6-17-10/h2-3,6,9H,4-5,7H2,1H3. The molecule has 3 rings (SSSR count). The molecule has 1 aliphatic carbocycles. The van der Waals surface area contributed by atoms with Crippen molar-refractivity contribution in [3.05, 3.63) is 40.7 Å². The molecule has 18 heavy (non-hydrogen) atoms. The van der Waals surface area contributed by atoms with Gasteiger partial charge in [-0.1, -0.05) is 11.6 Å². The summed E-state index contributed by atoms with van der Waals surface area (Å²) >= 11 is 6.10. The van der Waals surface area contributed by atoms with Crippen molar-refractivity contribution in [2.45, 2.75) is 32.3 Å². The number of nitrogens with zero attached hydrogens (tertiary/aromatic N) is 2.